The van der Waals surface area contributed by atoms with E-state index in [1.165, 1.54) is 0 Å². The van der Waals surface area contributed by atoms with E-state index in [4.69, 9.17) is 0 Å². The molecule has 1 aliphatic heterocycles. The number of aromatic nitrogens is 2. The van der Waals surface area contributed by atoms with E-state index in [-0.39, 0.29) is 29.4 Å². The Bertz CT molecular complexity index is 951. The van der Waals surface area contributed by atoms with Crippen LogP contribution in [0.3, 0.4) is 0 Å². The Morgan fingerprint density at radius 1 is 1.36 bits per heavy atom. The molecule has 1 amide bonds. The van der Waals surface area contributed by atoms with Crippen molar-refractivity contribution in [2.45, 2.75) is 45.4 Å². The molecule has 7 nitrogen and oxygen atoms in total. The average molecular weight is 383 g/mol. The number of benzene rings is 1. The van der Waals surface area contributed by atoms with Crippen molar-refractivity contribution in [3.8, 4) is 0 Å². The first-order chi connectivity index (χ1) is 13.4. The number of aromatic amines is 1. The highest BCUT2D eigenvalue weighted by atomic mass is 16.4. The Morgan fingerprint density at radius 3 is 2.82 bits per heavy atom. The van der Waals surface area contributed by atoms with Gasteiger partial charge in [-0.2, -0.15) is 0 Å². The van der Waals surface area contributed by atoms with Crippen molar-refractivity contribution in [3.63, 3.8) is 0 Å². The SMILES string of the molecule is CCc1nc(C)c(CC(=O)N2CCC[C@H](c3cccc(C(=O)O)c3)C2)c(=O)[nH]1. The van der Waals surface area contributed by atoms with E-state index in [1.54, 1.807) is 30.0 Å². The number of nitrogens with zero attached hydrogens (tertiary/aromatic N) is 2. The maximum absolute atomic E-state index is 12.8. The number of nitrogens with one attached hydrogen (secondary N) is 1. The number of carbonyl (C=O) groups excluding carboxylic acids is 1. The van der Waals surface area contributed by atoms with Gasteiger partial charge in [-0.15, -0.1) is 0 Å². The standard InChI is InChI=1S/C21H25N3O4/c1-3-18-22-13(2)17(20(26)23-18)11-19(25)24-9-5-8-16(12-24)14-6-4-7-15(10-14)21(27)28/h4,6-7,10,16H,3,5,8-9,11-12H2,1-2H3,(H,27,28)(H,22,23,26)/t16-/m0/s1. The van der Waals surface area contributed by atoms with E-state index in [0.717, 1.165) is 18.4 Å². The molecule has 1 aliphatic rings. The molecule has 148 valence electrons. The fourth-order valence-electron chi connectivity index (χ4n) is 3.71. The van der Waals surface area contributed by atoms with Crippen LogP contribution in [-0.2, 0) is 17.6 Å². The molecule has 1 atom stereocenters. The summed E-state index contributed by atoms with van der Waals surface area (Å²) in [5.41, 5.74) is 1.94. The molecule has 0 unspecified atom stereocenters. The zero-order valence-corrected chi connectivity index (χ0v) is 16.2. The molecule has 1 aromatic carbocycles. The van der Waals surface area contributed by atoms with E-state index in [9.17, 15) is 19.5 Å². The molecule has 2 aromatic rings. The van der Waals surface area contributed by atoms with E-state index in [0.29, 0.717) is 36.6 Å². The Hall–Kier alpha value is -2.96. The maximum Gasteiger partial charge on any atom is 0.335 e. The van der Waals surface area contributed by atoms with Crippen LogP contribution in [0.4, 0.5) is 0 Å². The summed E-state index contributed by atoms with van der Waals surface area (Å²) in [4.78, 5) is 45.2. The molecule has 2 heterocycles. The third-order valence-electron chi connectivity index (χ3n) is 5.31. The monoisotopic (exact) mass is 383 g/mol. The zero-order chi connectivity index (χ0) is 20.3. The second kappa shape index (κ2) is 8.37. The molecule has 0 radical (unpaired) electrons. The number of rotatable bonds is 5. The first-order valence-corrected chi connectivity index (χ1v) is 9.58. The Morgan fingerprint density at radius 2 is 2.14 bits per heavy atom. The summed E-state index contributed by atoms with van der Waals surface area (Å²) in [5.74, 6) is -0.339. The van der Waals surface area contributed by atoms with Crippen molar-refractivity contribution in [2.75, 3.05) is 13.1 Å². The van der Waals surface area contributed by atoms with Gasteiger partial charge in [0.05, 0.1) is 12.0 Å². The van der Waals surface area contributed by atoms with E-state index < -0.39 is 5.97 Å². The molecule has 1 aromatic heterocycles. The smallest absolute Gasteiger partial charge is 0.335 e. The van der Waals surface area contributed by atoms with Crippen LogP contribution in [0.1, 0.15) is 58.7 Å². The first-order valence-electron chi connectivity index (χ1n) is 9.58. The molecule has 7 heteroatoms. The lowest BCUT2D eigenvalue weighted by Gasteiger charge is -2.33. The predicted octanol–water partition coefficient (Wildman–Crippen LogP) is 2.29. The number of amides is 1. The summed E-state index contributed by atoms with van der Waals surface area (Å²) in [6.07, 6.45) is 2.41. The van der Waals surface area contributed by atoms with E-state index in [2.05, 4.69) is 9.97 Å². The normalized spacial score (nSPS) is 16.8. The molecule has 2 N–H and O–H groups in total. The Kier molecular flexibility index (Phi) is 5.92. The highest BCUT2D eigenvalue weighted by molar-refractivity contribution is 5.87. The lowest BCUT2D eigenvalue weighted by Crippen LogP contribution is -2.41. The van der Waals surface area contributed by atoms with Crippen molar-refractivity contribution in [3.05, 3.63) is 62.8 Å². The van der Waals surface area contributed by atoms with Crippen molar-refractivity contribution >= 4 is 11.9 Å². The summed E-state index contributed by atoms with van der Waals surface area (Å²) < 4.78 is 0. The van der Waals surface area contributed by atoms with Crippen molar-refractivity contribution in [1.29, 1.82) is 0 Å². The summed E-state index contributed by atoms with van der Waals surface area (Å²) in [7, 11) is 0. The second-order valence-electron chi connectivity index (χ2n) is 7.22. The number of carboxylic acid groups (broad SMARTS) is 1. The minimum atomic E-state index is -0.955. The van der Waals surface area contributed by atoms with Gasteiger partial charge in [0.2, 0.25) is 5.91 Å². The van der Waals surface area contributed by atoms with Crippen LogP contribution in [0.2, 0.25) is 0 Å². The van der Waals surface area contributed by atoms with Crippen LogP contribution < -0.4 is 5.56 Å². The molecular weight excluding hydrogens is 358 g/mol. The number of hydrogen-bond acceptors (Lipinski definition) is 4. The molecule has 0 saturated carbocycles. The van der Waals surface area contributed by atoms with Crippen LogP contribution in [-0.4, -0.2) is 44.9 Å². The number of aryl methyl sites for hydroxylation is 2. The van der Waals surface area contributed by atoms with Gasteiger partial charge >= 0.3 is 5.97 Å². The number of H-pyrrole nitrogens is 1. The van der Waals surface area contributed by atoms with Gasteiger partial charge < -0.3 is 15.0 Å². The van der Waals surface area contributed by atoms with Gasteiger partial charge in [-0.05, 0) is 37.5 Å². The summed E-state index contributed by atoms with van der Waals surface area (Å²) in [6.45, 7) is 4.84. The topological polar surface area (TPSA) is 103 Å². The van der Waals surface area contributed by atoms with Crippen LogP contribution in [0, 0.1) is 6.92 Å². The van der Waals surface area contributed by atoms with Crippen LogP contribution >= 0.6 is 0 Å². The summed E-state index contributed by atoms with van der Waals surface area (Å²) >= 11 is 0. The van der Waals surface area contributed by atoms with Gasteiger partial charge in [0.1, 0.15) is 5.82 Å². The quantitative estimate of drug-likeness (QED) is 0.824. The molecule has 0 bridgehead atoms. The Balaban J connectivity index is 1.74. The van der Waals surface area contributed by atoms with E-state index in [1.807, 2.05) is 13.0 Å². The molecule has 1 fully saturated rings. The van der Waals surface area contributed by atoms with Gasteiger partial charge in [-0.3, -0.25) is 9.59 Å². The van der Waals surface area contributed by atoms with Gasteiger partial charge in [-0.25, -0.2) is 9.78 Å². The van der Waals surface area contributed by atoms with Crippen LogP contribution in [0.15, 0.2) is 29.1 Å². The third kappa shape index (κ3) is 4.30. The fourth-order valence-corrected chi connectivity index (χ4v) is 3.71. The van der Waals surface area contributed by atoms with Crippen molar-refractivity contribution in [1.82, 2.24) is 14.9 Å². The highest BCUT2D eigenvalue weighted by Crippen LogP contribution is 2.28. The molecule has 0 spiro atoms. The lowest BCUT2D eigenvalue weighted by atomic mass is 9.89. The minimum Gasteiger partial charge on any atom is -0.478 e. The predicted molar refractivity (Wildman–Crippen MR) is 105 cm³/mol. The molecular formula is C21H25N3O4. The van der Waals surface area contributed by atoms with Gasteiger partial charge in [-0.1, -0.05) is 19.1 Å². The number of hydrogen-bond donors (Lipinski definition) is 2. The molecule has 28 heavy (non-hydrogen) atoms. The van der Waals surface area contributed by atoms with Gasteiger partial charge in [0.25, 0.3) is 5.56 Å². The van der Waals surface area contributed by atoms with Crippen LogP contribution in [0.5, 0.6) is 0 Å². The average Bonchev–Trinajstić information content (AvgIpc) is 2.70. The summed E-state index contributed by atoms with van der Waals surface area (Å²) in [5, 5.41) is 9.20. The minimum absolute atomic E-state index is 0.0278. The lowest BCUT2D eigenvalue weighted by molar-refractivity contribution is -0.131. The summed E-state index contributed by atoms with van der Waals surface area (Å²) in [6, 6.07) is 6.90. The van der Waals surface area contributed by atoms with E-state index >= 15 is 0 Å². The molecule has 1 saturated heterocycles. The highest BCUT2D eigenvalue weighted by Gasteiger charge is 2.26. The van der Waals surface area contributed by atoms with Gasteiger partial charge in [0, 0.05) is 36.7 Å². The number of piperidine rings is 1. The van der Waals surface area contributed by atoms with Crippen LogP contribution in [0.25, 0.3) is 0 Å². The molecule has 3 rings (SSSR count). The largest absolute Gasteiger partial charge is 0.478 e. The Labute approximate surface area is 163 Å². The van der Waals surface area contributed by atoms with Crippen molar-refractivity contribution in [2.24, 2.45) is 0 Å². The number of carbonyl (C=O) groups is 2. The number of carboxylic acids is 1. The molecule has 0 aliphatic carbocycles. The third-order valence-corrected chi connectivity index (χ3v) is 5.31. The number of likely N-dealkylation sites (tertiary alicyclic amines) is 1. The first kappa shape index (κ1) is 19.8. The second-order valence-corrected chi connectivity index (χ2v) is 7.22. The fraction of sp³-hybridized carbons (Fsp3) is 0.429. The number of aromatic carboxylic acids is 1. The van der Waals surface area contributed by atoms with Gasteiger partial charge in [0.15, 0.2) is 0 Å². The van der Waals surface area contributed by atoms with Crippen molar-refractivity contribution < 1.29 is 14.7 Å². The maximum atomic E-state index is 12.8. The zero-order valence-electron chi connectivity index (χ0n) is 16.2.